The van der Waals surface area contributed by atoms with Crippen molar-refractivity contribution in [3.63, 3.8) is 0 Å². The molecular formula is C23H27F3N4. The molecule has 30 heavy (non-hydrogen) atoms. The van der Waals surface area contributed by atoms with Gasteiger partial charge >= 0.3 is 6.18 Å². The summed E-state index contributed by atoms with van der Waals surface area (Å²) >= 11 is 0. The fourth-order valence-electron chi connectivity index (χ4n) is 3.90. The fourth-order valence-corrected chi connectivity index (χ4v) is 3.90. The number of fused-ring (bicyclic) bond motifs is 1. The van der Waals surface area contributed by atoms with Crippen molar-refractivity contribution >= 4 is 12.3 Å². The Hall–Kier alpha value is -2.83. The maximum Gasteiger partial charge on any atom is 0.435 e. The number of hydrogen-bond donors (Lipinski definition) is 0. The lowest BCUT2D eigenvalue weighted by Crippen LogP contribution is -2.17. The number of alkyl halides is 3. The molecule has 3 rings (SSSR count). The van der Waals surface area contributed by atoms with Gasteiger partial charge in [-0.25, -0.2) is 0 Å². The summed E-state index contributed by atoms with van der Waals surface area (Å²) in [4.78, 5) is 5.77. The van der Waals surface area contributed by atoms with Crippen LogP contribution in [0, 0.1) is 0 Å². The Bertz CT molecular complexity index is 970. The summed E-state index contributed by atoms with van der Waals surface area (Å²) in [6.45, 7) is 13.1. The molecule has 0 aliphatic heterocycles. The van der Waals surface area contributed by atoms with E-state index in [9.17, 15) is 13.2 Å². The lowest BCUT2D eigenvalue weighted by molar-refractivity contribution is -0.141. The highest BCUT2D eigenvalue weighted by molar-refractivity contribution is 5.80. The van der Waals surface area contributed by atoms with Gasteiger partial charge in [0, 0.05) is 43.8 Å². The summed E-state index contributed by atoms with van der Waals surface area (Å²) in [7, 11) is 0. The average Bonchev–Trinajstić information content (AvgIpc) is 3.16. The van der Waals surface area contributed by atoms with E-state index < -0.39 is 11.9 Å². The Morgan fingerprint density at radius 2 is 1.93 bits per heavy atom. The summed E-state index contributed by atoms with van der Waals surface area (Å²) in [5.41, 5.74) is 3.72. The Labute approximate surface area is 175 Å². The maximum absolute atomic E-state index is 13.8. The summed E-state index contributed by atoms with van der Waals surface area (Å²) in [6.07, 6.45) is 2.91. The number of allylic oxidation sites excluding steroid dienone is 1. The smallest absolute Gasteiger partial charge is 0.372 e. The average molecular weight is 416 g/mol. The van der Waals surface area contributed by atoms with E-state index in [-0.39, 0.29) is 5.56 Å². The van der Waals surface area contributed by atoms with E-state index in [1.54, 1.807) is 13.1 Å². The zero-order chi connectivity index (χ0) is 21.9. The molecule has 0 fully saturated rings. The lowest BCUT2D eigenvalue weighted by atomic mass is 9.82. The molecule has 1 heterocycles. The van der Waals surface area contributed by atoms with Crippen molar-refractivity contribution in [1.82, 2.24) is 14.7 Å². The quantitative estimate of drug-likeness (QED) is 0.524. The first kappa shape index (κ1) is 21.9. The SMILES string of the molecule is C=N/C=C\N(CC)Cc1cc2c(c(-c3cn(CC)nc3C(F)(F)F)c1)CCCC2=C. The standard InChI is InChI=1S/C23H27F3N4/c1-5-29(11-10-27-4)14-17-12-19-16(3)8-7-9-18(19)20(13-17)21-15-30(6-2)28-22(21)23(24,25)26/h10-13,15H,3-9,14H2,1-2H3/b11-10-. The van der Waals surface area contributed by atoms with Crippen molar-refractivity contribution in [2.24, 2.45) is 4.99 Å². The van der Waals surface area contributed by atoms with Crippen LogP contribution in [0.2, 0.25) is 0 Å². The third-order valence-electron chi connectivity index (χ3n) is 5.42. The van der Waals surface area contributed by atoms with E-state index in [1.165, 1.54) is 10.9 Å². The molecule has 0 saturated carbocycles. The predicted molar refractivity (Wildman–Crippen MR) is 115 cm³/mol. The largest absolute Gasteiger partial charge is 0.435 e. The second kappa shape index (κ2) is 8.90. The van der Waals surface area contributed by atoms with Gasteiger partial charge in [0.25, 0.3) is 0 Å². The molecule has 1 aromatic heterocycles. The van der Waals surface area contributed by atoms with Crippen molar-refractivity contribution in [3.8, 4) is 11.1 Å². The number of nitrogens with zero attached hydrogens (tertiary/aromatic N) is 4. The van der Waals surface area contributed by atoms with Gasteiger partial charge in [-0.05, 0) is 79.8 Å². The number of hydrogen-bond acceptors (Lipinski definition) is 3. The van der Waals surface area contributed by atoms with Crippen LogP contribution in [0.3, 0.4) is 0 Å². The topological polar surface area (TPSA) is 33.4 Å². The minimum Gasteiger partial charge on any atom is -0.372 e. The number of aromatic nitrogens is 2. The third kappa shape index (κ3) is 4.50. The summed E-state index contributed by atoms with van der Waals surface area (Å²) in [5, 5.41) is 3.82. The second-order valence-corrected chi connectivity index (χ2v) is 7.42. The van der Waals surface area contributed by atoms with Gasteiger partial charge < -0.3 is 4.90 Å². The van der Waals surface area contributed by atoms with Crippen LogP contribution < -0.4 is 0 Å². The molecule has 1 aliphatic carbocycles. The van der Waals surface area contributed by atoms with Gasteiger partial charge in [-0.1, -0.05) is 6.58 Å². The predicted octanol–water partition coefficient (Wildman–Crippen LogP) is 5.93. The van der Waals surface area contributed by atoms with Crippen LogP contribution in [0.15, 0.2) is 42.3 Å². The normalized spacial score (nSPS) is 14.2. The van der Waals surface area contributed by atoms with Crippen molar-refractivity contribution in [2.45, 2.75) is 52.4 Å². The summed E-state index contributed by atoms with van der Waals surface area (Å²) in [6, 6.07) is 3.94. The molecule has 0 atom stereocenters. The van der Waals surface area contributed by atoms with Gasteiger partial charge in [0.1, 0.15) is 0 Å². The minimum absolute atomic E-state index is 0.142. The Morgan fingerprint density at radius 1 is 1.20 bits per heavy atom. The zero-order valence-electron chi connectivity index (χ0n) is 17.5. The van der Waals surface area contributed by atoms with Gasteiger partial charge in [0.2, 0.25) is 0 Å². The molecule has 160 valence electrons. The van der Waals surface area contributed by atoms with Crippen LogP contribution in [0.4, 0.5) is 13.2 Å². The monoisotopic (exact) mass is 416 g/mol. The van der Waals surface area contributed by atoms with Crippen molar-refractivity contribution < 1.29 is 13.2 Å². The van der Waals surface area contributed by atoms with E-state index in [0.717, 1.165) is 48.1 Å². The van der Waals surface area contributed by atoms with Crippen LogP contribution in [0.1, 0.15) is 49.1 Å². The molecule has 0 unspecified atom stereocenters. The number of halogens is 3. The molecular weight excluding hydrogens is 389 g/mol. The van der Waals surface area contributed by atoms with Crippen molar-refractivity contribution in [2.75, 3.05) is 6.54 Å². The Balaban J connectivity index is 2.18. The van der Waals surface area contributed by atoms with Crippen LogP contribution >= 0.6 is 0 Å². The van der Waals surface area contributed by atoms with Crippen LogP contribution in [0.5, 0.6) is 0 Å². The molecule has 1 aliphatic rings. The van der Waals surface area contributed by atoms with Gasteiger partial charge in [-0.2, -0.15) is 18.3 Å². The summed E-state index contributed by atoms with van der Waals surface area (Å²) in [5.74, 6) is 0. The minimum atomic E-state index is -4.52. The highest BCUT2D eigenvalue weighted by atomic mass is 19.4. The Morgan fingerprint density at radius 3 is 2.57 bits per heavy atom. The van der Waals surface area contributed by atoms with Gasteiger partial charge in [-0.15, -0.1) is 0 Å². The lowest BCUT2D eigenvalue weighted by Gasteiger charge is -2.25. The van der Waals surface area contributed by atoms with E-state index in [1.807, 2.05) is 24.1 Å². The van der Waals surface area contributed by atoms with Crippen LogP contribution in [-0.4, -0.2) is 27.9 Å². The number of aliphatic imine (C=N–C) groups is 1. The van der Waals surface area contributed by atoms with Crippen molar-refractivity contribution in [1.29, 1.82) is 0 Å². The molecule has 0 amide bonds. The molecule has 7 heteroatoms. The molecule has 2 aromatic rings. The maximum atomic E-state index is 13.8. The second-order valence-electron chi connectivity index (χ2n) is 7.42. The number of benzene rings is 1. The van der Waals surface area contributed by atoms with E-state index in [2.05, 4.69) is 29.5 Å². The van der Waals surface area contributed by atoms with Crippen molar-refractivity contribution in [3.05, 3.63) is 59.7 Å². The highest BCUT2D eigenvalue weighted by Gasteiger charge is 2.38. The fraction of sp³-hybridized carbons (Fsp3) is 0.391. The Kier molecular flexibility index (Phi) is 6.48. The molecule has 0 bridgehead atoms. The first-order chi connectivity index (χ1) is 14.3. The van der Waals surface area contributed by atoms with E-state index in [0.29, 0.717) is 18.7 Å². The summed E-state index contributed by atoms with van der Waals surface area (Å²) < 4.78 is 42.7. The van der Waals surface area contributed by atoms with E-state index >= 15 is 0 Å². The third-order valence-corrected chi connectivity index (χ3v) is 5.42. The molecule has 4 nitrogen and oxygen atoms in total. The van der Waals surface area contributed by atoms with Gasteiger partial charge in [0.15, 0.2) is 5.69 Å². The van der Waals surface area contributed by atoms with Gasteiger partial charge in [0.05, 0.1) is 0 Å². The number of rotatable bonds is 7. The first-order valence-electron chi connectivity index (χ1n) is 10.1. The van der Waals surface area contributed by atoms with Gasteiger partial charge in [-0.3, -0.25) is 9.67 Å². The molecule has 1 aromatic carbocycles. The molecule has 0 N–H and O–H groups in total. The van der Waals surface area contributed by atoms with Crippen LogP contribution in [0.25, 0.3) is 16.7 Å². The highest BCUT2D eigenvalue weighted by Crippen LogP contribution is 2.42. The zero-order valence-corrected chi connectivity index (χ0v) is 17.5. The molecule has 0 spiro atoms. The molecule has 0 saturated heterocycles. The number of aryl methyl sites for hydroxylation is 1. The van der Waals surface area contributed by atoms with E-state index in [4.69, 9.17) is 0 Å². The first-order valence-corrected chi connectivity index (χ1v) is 10.1. The van der Waals surface area contributed by atoms with Crippen LogP contribution in [-0.2, 0) is 25.7 Å². The molecule has 0 radical (unpaired) electrons.